The number of aryl methyl sites for hydroxylation is 3. The number of methoxy groups -OCH3 is 1. The summed E-state index contributed by atoms with van der Waals surface area (Å²) in [6, 6.07) is 8.71. The Kier molecular flexibility index (Phi) is 15.0. The summed E-state index contributed by atoms with van der Waals surface area (Å²) in [5.74, 6) is -0.484. The molecule has 61 heavy (non-hydrogen) atoms. The molecule has 328 valence electrons. The Hall–Kier alpha value is -6.00. The first-order chi connectivity index (χ1) is 29.3. The molecule has 0 bridgehead atoms. The number of carbonyl (C=O) groups is 5. The van der Waals surface area contributed by atoms with Crippen molar-refractivity contribution >= 4 is 64.3 Å². The summed E-state index contributed by atoms with van der Waals surface area (Å²) < 4.78 is 21.3. The molecular weight excluding hydrogens is 813 g/mol. The van der Waals surface area contributed by atoms with E-state index in [-0.39, 0.29) is 53.8 Å². The molecule has 0 saturated carbocycles. The van der Waals surface area contributed by atoms with E-state index in [1.807, 2.05) is 12.1 Å². The molecule has 2 atom stereocenters. The molecule has 21 heteroatoms. The van der Waals surface area contributed by atoms with Crippen LogP contribution in [0.25, 0.3) is 0 Å². The third kappa shape index (κ3) is 11.4. The summed E-state index contributed by atoms with van der Waals surface area (Å²) in [7, 11) is 6.66. The Balaban J connectivity index is 0.933. The van der Waals surface area contributed by atoms with Crippen LogP contribution in [0.2, 0.25) is 0 Å². The highest BCUT2D eigenvalue weighted by molar-refractivity contribution is 7.95. The predicted molar refractivity (Wildman–Crippen MR) is 227 cm³/mol. The van der Waals surface area contributed by atoms with Crippen LogP contribution in [0.4, 0.5) is 22.7 Å². The van der Waals surface area contributed by atoms with Gasteiger partial charge in [-0.3, -0.25) is 28.9 Å². The maximum Gasteiger partial charge on any atom is 0.272 e. The van der Waals surface area contributed by atoms with E-state index in [4.69, 9.17) is 19.1 Å². The van der Waals surface area contributed by atoms with Crippen molar-refractivity contribution in [2.45, 2.75) is 57.0 Å². The molecule has 1 aromatic carbocycles. The maximum atomic E-state index is 13.3. The summed E-state index contributed by atoms with van der Waals surface area (Å²) in [6.45, 7) is 3.89. The number of rotatable bonds is 19. The molecule has 5 heterocycles. The molecule has 4 aromatic rings. The largest absolute Gasteiger partial charge is 0.493 e. The average Bonchev–Trinajstić information content (AvgIpc) is 3.99. The predicted octanol–water partition coefficient (Wildman–Crippen LogP) is 4.05. The van der Waals surface area contributed by atoms with Crippen molar-refractivity contribution in [2.24, 2.45) is 21.1 Å². The Labute approximate surface area is 356 Å². The van der Waals surface area contributed by atoms with Gasteiger partial charge in [-0.15, -0.1) is 4.33 Å². The molecule has 1 saturated heterocycles. The summed E-state index contributed by atoms with van der Waals surface area (Å²) in [5, 5.41) is 29.8. The second kappa shape index (κ2) is 20.5. The van der Waals surface area contributed by atoms with Crippen LogP contribution >= 0.6 is 12.0 Å². The smallest absolute Gasteiger partial charge is 0.272 e. The number of nitrogens with zero attached hydrogens (tertiary/aromatic N) is 4. The van der Waals surface area contributed by atoms with Crippen LogP contribution in [-0.2, 0) is 46.6 Å². The molecule has 20 nitrogen and oxygen atoms in total. The topological polar surface area (TPSA) is 233 Å². The highest BCUT2D eigenvalue weighted by Crippen LogP contribution is 2.40. The van der Waals surface area contributed by atoms with Gasteiger partial charge in [0.05, 0.1) is 42.8 Å². The first-order valence-corrected chi connectivity index (χ1v) is 20.6. The van der Waals surface area contributed by atoms with E-state index in [0.717, 1.165) is 42.7 Å². The molecule has 5 amide bonds. The SMILES string of the molecule is COc1cc2c(cc1OCCCC(=O)Nc1cc(C(=O)Nc3cc(C(=O)NCCCNC(=O)c4cc(NC(C)=O)cn4C)n(C)c3)n(C)c1)NC(SOOO)[C@@H]1CCCN1C2. The van der Waals surface area contributed by atoms with Crippen LogP contribution in [0.15, 0.2) is 48.9 Å². The third-order valence-corrected chi connectivity index (χ3v) is 11.1. The lowest BCUT2D eigenvalue weighted by atomic mass is 10.1. The van der Waals surface area contributed by atoms with Gasteiger partial charge in [-0.25, -0.2) is 5.26 Å². The van der Waals surface area contributed by atoms with E-state index in [0.29, 0.717) is 72.4 Å². The van der Waals surface area contributed by atoms with E-state index < -0.39 is 5.91 Å². The molecule has 2 aliphatic heterocycles. The summed E-state index contributed by atoms with van der Waals surface area (Å²) in [6.07, 6.45) is 7.97. The molecule has 1 fully saturated rings. The van der Waals surface area contributed by atoms with Crippen LogP contribution < -0.4 is 41.4 Å². The van der Waals surface area contributed by atoms with Gasteiger partial charge in [0.1, 0.15) is 22.5 Å². The molecule has 0 spiro atoms. The Morgan fingerprint density at radius 2 is 1.41 bits per heavy atom. The lowest BCUT2D eigenvalue weighted by Crippen LogP contribution is -2.38. The fourth-order valence-corrected chi connectivity index (χ4v) is 8.16. The summed E-state index contributed by atoms with van der Waals surface area (Å²) in [4.78, 5) is 65.3. The highest BCUT2D eigenvalue weighted by atomic mass is 32.2. The van der Waals surface area contributed by atoms with Crippen LogP contribution in [0.5, 0.6) is 11.5 Å². The van der Waals surface area contributed by atoms with Crippen LogP contribution in [-0.4, -0.2) is 98.2 Å². The molecule has 2 aliphatic rings. The zero-order valence-electron chi connectivity index (χ0n) is 34.7. The van der Waals surface area contributed by atoms with Crippen molar-refractivity contribution < 1.29 is 48.1 Å². The van der Waals surface area contributed by atoms with Crippen molar-refractivity contribution in [1.82, 2.24) is 29.2 Å². The number of hydrogen-bond donors (Lipinski definition) is 7. The van der Waals surface area contributed by atoms with E-state index >= 15 is 0 Å². The number of ether oxygens (including phenoxy) is 2. The molecule has 7 N–H and O–H groups in total. The molecule has 3 aromatic heterocycles. The second-order valence-electron chi connectivity index (χ2n) is 14.8. The first-order valence-electron chi connectivity index (χ1n) is 19.8. The number of aromatic nitrogens is 3. The number of fused-ring (bicyclic) bond motifs is 2. The Morgan fingerprint density at radius 3 is 2.02 bits per heavy atom. The van der Waals surface area contributed by atoms with E-state index in [1.54, 1.807) is 78.7 Å². The van der Waals surface area contributed by atoms with Gasteiger partial charge in [0.2, 0.25) is 11.8 Å². The van der Waals surface area contributed by atoms with Gasteiger partial charge in [-0.05, 0) is 62.1 Å². The number of amides is 5. The molecule has 1 unspecified atom stereocenters. The second-order valence-corrected chi connectivity index (χ2v) is 15.7. The van der Waals surface area contributed by atoms with Crippen LogP contribution in [0.3, 0.4) is 0 Å². The lowest BCUT2D eigenvalue weighted by molar-refractivity contribution is -0.432. The normalized spacial score (nSPS) is 15.8. The highest BCUT2D eigenvalue weighted by Gasteiger charge is 2.37. The van der Waals surface area contributed by atoms with E-state index in [1.165, 1.54) is 6.92 Å². The number of anilines is 4. The van der Waals surface area contributed by atoms with Gasteiger partial charge in [-0.2, -0.15) is 0 Å². The molecular formula is C40H52N10O10S. The van der Waals surface area contributed by atoms with Gasteiger partial charge in [0.15, 0.2) is 11.5 Å². The summed E-state index contributed by atoms with van der Waals surface area (Å²) >= 11 is 1.01. The van der Waals surface area contributed by atoms with Crippen molar-refractivity contribution in [2.75, 3.05) is 54.6 Å². The van der Waals surface area contributed by atoms with Crippen molar-refractivity contribution in [1.29, 1.82) is 0 Å². The Morgan fingerprint density at radius 1 is 0.803 bits per heavy atom. The van der Waals surface area contributed by atoms with E-state index in [2.05, 4.69) is 41.8 Å². The number of carbonyl (C=O) groups excluding carboxylic acids is 5. The molecule has 0 aliphatic carbocycles. The summed E-state index contributed by atoms with van der Waals surface area (Å²) in [5.41, 5.74) is 4.26. The number of hydrogen-bond acceptors (Lipinski definition) is 13. The van der Waals surface area contributed by atoms with Crippen molar-refractivity contribution in [3.63, 3.8) is 0 Å². The minimum atomic E-state index is -0.434. The van der Waals surface area contributed by atoms with Gasteiger partial charge < -0.3 is 55.1 Å². The van der Waals surface area contributed by atoms with Gasteiger partial charge in [-0.1, -0.05) is 5.04 Å². The quantitative estimate of drug-likeness (QED) is 0.0306. The van der Waals surface area contributed by atoms with Crippen molar-refractivity contribution in [3.05, 3.63) is 71.6 Å². The van der Waals surface area contributed by atoms with E-state index in [9.17, 15) is 24.0 Å². The minimum Gasteiger partial charge on any atom is -0.493 e. The first kappa shape index (κ1) is 44.5. The molecule has 6 rings (SSSR count). The van der Waals surface area contributed by atoms with Gasteiger partial charge in [0.25, 0.3) is 17.7 Å². The van der Waals surface area contributed by atoms with Crippen LogP contribution in [0.1, 0.15) is 76.1 Å². The minimum absolute atomic E-state index is 0.161. The fraction of sp³-hybridized carbons (Fsp3) is 0.425. The van der Waals surface area contributed by atoms with Gasteiger partial charge in [0, 0.05) is 90.5 Å². The van der Waals surface area contributed by atoms with Crippen molar-refractivity contribution in [3.8, 4) is 11.5 Å². The number of benzene rings is 1. The lowest BCUT2D eigenvalue weighted by Gasteiger charge is -2.27. The Bertz CT molecular complexity index is 2240. The third-order valence-electron chi connectivity index (χ3n) is 10.3. The fourth-order valence-electron chi connectivity index (χ4n) is 7.43. The standard InChI is InChI=1S/C40H52N10O10S/c1-24(51)43-26-16-31(47(2)21-26)37(53)41-11-8-12-42-38(54)32-18-28(23-48(32)3)45-39(55)33-17-27(22-49(33)4)44-36(52)10-7-14-58-35-19-29-25(15-34(35)57-5)20-50-13-6-9-30(50)40(46-29)61-60-59-56/h15-19,21-23,30,40,46,56H,6-14,20H2,1-5H3,(H,41,53)(H,42,54)(H,43,51)(H,44,52)(H,45,55)/t30-,40?/m0/s1. The number of nitrogens with one attached hydrogen (secondary N) is 6. The monoisotopic (exact) mass is 864 g/mol. The zero-order valence-corrected chi connectivity index (χ0v) is 35.5. The zero-order chi connectivity index (χ0) is 43.6. The molecule has 0 radical (unpaired) electrons. The average molecular weight is 865 g/mol. The van der Waals surface area contributed by atoms with Gasteiger partial charge >= 0.3 is 0 Å². The van der Waals surface area contributed by atoms with Crippen LogP contribution in [0, 0.1) is 0 Å². The maximum absolute atomic E-state index is 13.3.